The van der Waals surface area contributed by atoms with Gasteiger partial charge >= 0.3 is 0 Å². The molecule has 0 aliphatic carbocycles. The van der Waals surface area contributed by atoms with Crippen LogP contribution in [0.3, 0.4) is 0 Å². The molecule has 1 aromatic carbocycles. The molecule has 1 aromatic rings. The van der Waals surface area contributed by atoms with Crippen LogP contribution in [0, 0.1) is 0 Å². The lowest BCUT2D eigenvalue weighted by molar-refractivity contribution is 0.330. The van der Waals surface area contributed by atoms with Gasteiger partial charge in [-0.15, -0.1) is 0 Å². The molecule has 0 radical (unpaired) electrons. The molecule has 1 N–H and O–H groups in total. The quantitative estimate of drug-likeness (QED) is 0.759. The summed E-state index contributed by atoms with van der Waals surface area (Å²) in [5, 5.41) is 8.97. The number of rotatable bonds is 3. The maximum Gasteiger partial charge on any atom is 0.273 e. The third kappa shape index (κ3) is 3.29. The van der Waals surface area contributed by atoms with E-state index in [9.17, 15) is 8.78 Å². The molecule has 0 unspecified atom stereocenters. The van der Waals surface area contributed by atoms with Crippen LogP contribution in [0.2, 0.25) is 0 Å². The predicted molar refractivity (Wildman–Crippen MR) is 56.4 cm³/mol. The Morgan fingerprint density at radius 3 is 2.33 bits per heavy atom. The van der Waals surface area contributed by atoms with Gasteiger partial charge in [0.1, 0.15) is 0 Å². The summed E-state index contributed by atoms with van der Waals surface area (Å²) in [4.78, 5) is 0. The van der Waals surface area contributed by atoms with Gasteiger partial charge in [0.25, 0.3) is 6.08 Å². The number of halogens is 2. The summed E-state index contributed by atoms with van der Waals surface area (Å²) in [5.41, 5.74) is 0.865. The smallest absolute Gasteiger partial charge is 0.273 e. The molecule has 0 saturated carbocycles. The van der Waals surface area contributed by atoms with Gasteiger partial charge in [0.15, 0.2) is 0 Å². The van der Waals surface area contributed by atoms with Gasteiger partial charge in [-0.25, -0.2) is 0 Å². The maximum absolute atomic E-state index is 12.3. The summed E-state index contributed by atoms with van der Waals surface area (Å²) in [6.45, 7) is 0.901. The van der Waals surface area contributed by atoms with Crippen molar-refractivity contribution in [3.63, 3.8) is 0 Å². The fraction of sp³-hybridized carbons (Fsp3) is 0.167. The third-order valence-corrected chi connectivity index (χ3v) is 2.08. The van der Waals surface area contributed by atoms with Crippen LogP contribution in [0.5, 0.6) is 0 Å². The van der Waals surface area contributed by atoms with Gasteiger partial charge < -0.3 is 5.11 Å². The van der Waals surface area contributed by atoms with E-state index >= 15 is 0 Å². The first kappa shape index (κ1) is 11.6. The van der Waals surface area contributed by atoms with Crippen molar-refractivity contribution in [2.75, 3.05) is 6.61 Å². The predicted octanol–water partition coefficient (Wildman–Crippen LogP) is 3.23. The number of hydrogen-bond acceptors (Lipinski definition) is 1. The highest BCUT2D eigenvalue weighted by atomic mass is 19.3. The van der Waals surface area contributed by atoms with Crippen molar-refractivity contribution in [1.29, 1.82) is 0 Å². The van der Waals surface area contributed by atoms with Crippen molar-refractivity contribution in [1.82, 2.24) is 0 Å². The molecule has 0 aromatic heterocycles. The molecule has 0 aliphatic heterocycles. The van der Waals surface area contributed by atoms with Crippen LogP contribution in [0.4, 0.5) is 8.78 Å². The first-order valence-electron chi connectivity index (χ1n) is 4.54. The van der Waals surface area contributed by atoms with Crippen LogP contribution < -0.4 is 0 Å². The average molecular weight is 210 g/mol. The molecular formula is C12H12F2O. The summed E-state index contributed by atoms with van der Waals surface area (Å²) < 4.78 is 24.6. The van der Waals surface area contributed by atoms with E-state index in [4.69, 9.17) is 5.11 Å². The zero-order valence-electron chi connectivity index (χ0n) is 8.37. The molecule has 0 amide bonds. The number of aliphatic hydroxyl groups excluding tert-OH is 1. The molecule has 0 fully saturated rings. The Morgan fingerprint density at radius 2 is 1.87 bits per heavy atom. The average Bonchev–Trinajstić information content (AvgIpc) is 2.26. The lowest BCUT2D eigenvalue weighted by atomic mass is 10.1. The van der Waals surface area contributed by atoms with E-state index in [2.05, 4.69) is 0 Å². The summed E-state index contributed by atoms with van der Waals surface area (Å²) in [5.74, 6) is 0. The molecule has 0 saturated heterocycles. The molecule has 0 bridgehead atoms. The van der Waals surface area contributed by atoms with Gasteiger partial charge in [-0.1, -0.05) is 30.3 Å². The summed E-state index contributed by atoms with van der Waals surface area (Å²) >= 11 is 0. The number of aliphatic hydroxyl groups is 1. The van der Waals surface area contributed by atoms with Gasteiger partial charge in [-0.2, -0.15) is 8.78 Å². The first-order chi connectivity index (χ1) is 7.15. The van der Waals surface area contributed by atoms with Gasteiger partial charge in [0.2, 0.25) is 0 Å². The molecule has 15 heavy (non-hydrogen) atoms. The Bertz CT molecular complexity index is 376. The third-order valence-electron chi connectivity index (χ3n) is 2.08. The topological polar surface area (TPSA) is 20.2 Å². The molecule has 1 rings (SSSR count). The Kier molecular flexibility index (Phi) is 4.18. The molecule has 0 heterocycles. The van der Waals surface area contributed by atoms with Crippen molar-refractivity contribution < 1.29 is 13.9 Å². The molecule has 0 spiro atoms. The molecule has 0 aliphatic rings. The minimum Gasteiger partial charge on any atom is -0.392 e. The fourth-order valence-electron chi connectivity index (χ4n) is 1.14. The molecule has 1 nitrogen and oxygen atoms in total. The Morgan fingerprint density at radius 1 is 1.27 bits per heavy atom. The van der Waals surface area contributed by atoms with Crippen LogP contribution in [0.15, 0.2) is 47.6 Å². The normalized spacial score (nSPS) is 11.3. The monoisotopic (exact) mass is 210 g/mol. The Balaban J connectivity index is 3.04. The minimum atomic E-state index is -1.76. The second kappa shape index (κ2) is 5.41. The second-order valence-corrected chi connectivity index (χ2v) is 3.12. The minimum absolute atomic E-state index is 0.165. The van der Waals surface area contributed by atoms with Crippen molar-refractivity contribution in [2.24, 2.45) is 0 Å². The standard InChI is InChI=1S/C12H12F2O/c1-9(12(13)14)11(8-15)7-10-5-3-2-4-6-10/h2-7,15H,8H2,1H3/b11-7-. The van der Waals surface area contributed by atoms with Crippen molar-refractivity contribution in [3.8, 4) is 0 Å². The van der Waals surface area contributed by atoms with Crippen LogP contribution in [-0.2, 0) is 0 Å². The van der Waals surface area contributed by atoms with Crippen LogP contribution in [-0.4, -0.2) is 11.7 Å². The van der Waals surface area contributed by atoms with Crippen molar-refractivity contribution in [3.05, 3.63) is 53.1 Å². The summed E-state index contributed by atoms with van der Waals surface area (Å²) in [6, 6.07) is 9.05. The van der Waals surface area contributed by atoms with Crippen LogP contribution in [0.1, 0.15) is 12.5 Å². The maximum atomic E-state index is 12.3. The van der Waals surface area contributed by atoms with Gasteiger partial charge in [-0.3, -0.25) is 0 Å². The lowest BCUT2D eigenvalue weighted by Gasteiger charge is -2.03. The Labute approximate surface area is 87.4 Å². The van der Waals surface area contributed by atoms with E-state index in [1.54, 1.807) is 18.2 Å². The highest BCUT2D eigenvalue weighted by Crippen LogP contribution is 2.18. The Hall–Kier alpha value is -1.48. The molecule has 0 atom stereocenters. The molecule has 80 valence electrons. The van der Waals surface area contributed by atoms with E-state index in [0.29, 0.717) is 0 Å². The number of hydrogen-bond donors (Lipinski definition) is 1. The molecule has 3 heteroatoms. The zero-order chi connectivity index (χ0) is 11.3. The van der Waals surface area contributed by atoms with E-state index in [0.717, 1.165) is 5.56 Å². The summed E-state index contributed by atoms with van der Waals surface area (Å²) in [6.07, 6.45) is -0.208. The van der Waals surface area contributed by atoms with Crippen molar-refractivity contribution >= 4 is 6.08 Å². The van der Waals surface area contributed by atoms with E-state index in [1.165, 1.54) is 6.92 Å². The van der Waals surface area contributed by atoms with Gasteiger partial charge in [0, 0.05) is 5.57 Å². The summed E-state index contributed by atoms with van der Waals surface area (Å²) in [7, 11) is 0. The fourth-order valence-corrected chi connectivity index (χ4v) is 1.14. The molecular weight excluding hydrogens is 198 g/mol. The van der Waals surface area contributed by atoms with Gasteiger partial charge in [-0.05, 0) is 24.1 Å². The van der Waals surface area contributed by atoms with E-state index in [1.807, 2.05) is 18.2 Å². The van der Waals surface area contributed by atoms with Crippen LogP contribution in [0.25, 0.3) is 6.08 Å². The number of benzene rings is 1. The highest BCUT2D eigenvalue weighted by molar-refractivity contribution is 5.58. The van der Waals surface area contributed by atoms with Crippen LogP contribution >= 0.6 is 0 Å². The SMILES string of the molecule is CC(=C(F)F)/C(=C\c1ccccc1)CO. The highest BCUT2D eigenvalue weighted by Gasteiger charge is 2.05. The lowest BCUT2D eigenvalue weighted by Crippen LogP contribution is -1.93. The zero-order valence-corrected chi connectivity index (χ0v) is 8.37. The second-order valence-electron chi connectivity index (χ2n) is 3.12. The van der Waals surface area contributed by atoms with E-state index < -0.39 is 12.7 Å². The van der Waals surface area contributed by atoms with Gasteiger partial charge in [0.05, 0.1) is 6.61 Å². The van der Waals surface area contributed by atoms with Crippen molar-refractivity contribution in [2.45, 2.75) is 6.92 Å². The largest absolute Gasteiger partial charge is 0.392 e. The first-order valence-corrected chi connectivity index (χ1v) is 4.54. The van der Waals surface area contributed by atoms with E-state index in [-0.39, 0.29) is 11.1 Å².